The largest absolute Gasteiger partial charge is 0.488 e. The van der Waals surface area contributed by atoms with Crippen LogP contribution < -0.4 is 4.74 Å². The second kappa shape index (κ2) is 10.6. The van der Waals surface area contributed by atoms with Crippen LogP contribution in [0.25, 0.3) is 11.5 Å². The maximum Gasteiger partial charge on any atom is 0.257 e. The van der Waals surface area contributed by atoms with Gasteiger partial charge in [0.1, 0.15) is 12.7 Å². The molecular formula is C26H33FN4O3. The molecule has 4 rings (SSSR count). The molecule has 7 nitrogen and oxygen atoms in total. The summed E-state index contributed by atoms with van der Waals surface area (Å²) < 4.78 is 24.5. The minimum atomic E-state index is -0.685. The average molecular weight is 469 g/mol. The van der Waals surface area contributed by atoms with Gasteiger partial charge < -0.3 is 14.4 Å². The van der Waals surface area contributed by atoms with Gasteiger partial charge in [-0.2, -0.15) is 4.98 Å². The lowest BCUT2D eigenvalue weighted by atomic mass is 9.87. The molecular weight excluding hydrogens is 435 g/mol. The lowest BCUT2D eigenvalue weighted by Gasteiger charge is -2.34. The highest BCUT2D eigenvalue weighted by Gasteiger charge is 2.22. The van der Waals surface area contributed by atoms with Gasteiger partial charge in [-0.1, -0.05) is 50.2 Å². The van der Waals surface area contributed by atoms with E-state index < -0.39 is 11.9 Å². The molecule has 8 heteroatoms. The molecule has 2 aromatic carbocycles. The zero-order chi connectivity index (χ0) is 24.1. The fraction of sp³-hybridized carbons (Fsp3) is 0.462. The molecule has 0 saturated carbocycles. The van der Waals surface area contributed by atoms with E-state index >= 15 is 0 Å². The van der Waals surface area contributed by atoms with E-state index in [0.717, 1.165) is 31.7 Å². The summed E-state index contributed by atoms with van der Waals surface area (Å²) in [7, 11) is 0. The van der Waals surface area contributed by atoms with Crippen LogP contribution in [0.1, 0.15) is 32.2 Å². The van der Waals surface area contributed by atoms with E-state index in [0.29, 0.717) is 24.8 Å². The first-order chi connectivity index (χ1) is 16.3. The summed E-state index contributed by atoms with van der Waals surface area (Å²) in [5.41, 5.74) is 2.28. The highest BCUT2D eigenvalue weighted by molar-refractivity contribution is 5.53. The van der Waals surface area contributed by atoms with Gasteiger partial charge in [0.15, 0.2) is 17.4 Å². The Morgan fingerprint density at radius 2 is 1.71 bits per heavy atom. The third-order valence-corrected chi connectivity index (χ3v) is 6.03. The van der Waals surface area contributed by atoms with Crippen LogP contribution in [0.15, 0.2) is 53.1 Å². The normalized spacial score (nSPS) is 16.5. The summed E-state index contributed by atoms with van der Waals surface area (Å²) >= 11 is 0. The zero-order valence-electron chi connectivity index (χ0n) is 20.1. The molecule has 0 radical (unpaired) electrons. The van der Waals surface area contributed by atoms with Crippen LogP contribution in [0.5, 0.6) is 5.75 Å². The van der Waals surface area contributed by atoms with Gasteiger partial charge in [0, 0.05) is 38.3 Å². The Hall–Kier alpha value is -2.81. The lowest BCUT2D eigenvalue weighted by Crippen LogP contribution is -2.48. The molecule has 1 N–H and O–H groups in total. The van der Waals surface area contributed by atoms with Gasteiger partial charge in [-0.25, -0.2) is 4.39 Å². The molecule has 3 aromatic rings. The third kappa shape index (κ3) is 6.40. The zero-order valence-corrected chi connectivity index (χ0v) is 20.1. The van der Waals surface area contributed by atoms with E-state index in [4.69, 9.17) is 9.26 Å². The number of aromatic nitrogens is 2. The monoisotopic (exact) mass is 468 g/mol. The van der Waals surface area contributed by atoms with E-state index in [9.17, 15) is 9.50 Å². The van der Waals surface area contributed by atoms with Crippen molar-refractivity contribution < 1.29 is 18.8 Å². The molecule has 1 saturated heterocycles. The predicted octanol–water partition coefficient (Wildman–Crippen LogP) is 3.73. The molecule has 1 fully saturated rings. The number of aliphatic hydroxyl groups is 1. The Labute approximate surface area is 200 Å². The molecule has 1 aliphatic heterocycles. The number of ether oxygens (including phenoxy) is 1. The minimum absolute atomic E-state index is 0.0590. The van der Waals surface area contributed by atoms with E-state index in [2.05, 4.69) is 52.8 Å². The number of para-hydroxylation sites is 1. The summed E-state index contributed by atoms with van der Waals surface area (Å²) in [6.07, 6.45) is -0.685. The number of piperazine rings is 1. The maximum atomic E-state index is 13.6. The second-order valence-corrected chi connectivity index (χ2v) is 9.82. The lowest BCUT2D eigenvalue weighted by molar-refractivity contribution is 0.0432. The number of benzene rings is 2. The molecule has 0 aliphatic carbocycles. The Kier molecular flexibility index (Phi) is 7.60. The number of halogens is 1. The Bertz CT molecular complexity index is 1060. The van der Waals surface area contributed by atoms with Gasteiger partial charge in [-0.05, 0) is 35.2 Å². The standard InChI is InChI=1S/C26H33FN4O3/c1-26(2,3)20-10-8-19(9-11-20)25-28-24(29-34-25)17-31-14-12-30(13-15-31)16-21(32)18-33-23-7-5-4-6-22(23)27/h4-11,21,32H,12-18H2,1-3H3/t21-/m1/s1. The van der Waals surface area contributed by atoms with E-state index in [-0.39, 0.29) is 17.8 Å². The van der Waals surface area contributed by atoms with Crippen LogP contribution in [-0.2, 0) is 12.0 Å². The topological polar surface area (TPSA) is 74.9 Å². The fourth-order valence-corrected chi connectivity index (χ4v) is 3.98. The Morgan fingerprint density at radius 3 is 2.38 bits per heavy atom. The molecule has 34 heavy (non-hydrogen) atoms. The smallest absolute Gasteiger partial charge is 0.257 e. The molecule has 0 spiro atoms. The average Bonchev–Trinajstić information content (AvgIpc) is 3.28. The number of hydrogen-bond donors (Lipinski definition) is 1. The molecule has 1 atom stereocenters. The van der Waals surface area contributed by atoms with Gasteiger partial charge in [0.05, 0.1) is 6.54 Å². The molecule has 1 aliphatic rings. The van der Waals surface area contributed by atoms with Gasteiger partial charge >= 0.3 is 0 Å². The number of rotatable bonds is 8. The van der Waals surface area contributed by atoms with Crippen molar-refractivity contribution in [3.63, 3.8) is 0 Å². The number of nitrogens with zero attached hydrogens (tertiary/aromatic N) is 4. The first-order valence-electron chi connectivity index (χ1n) is 11.7. The summed E-state index contributed by atoms with van der Waals surface area (Å²) in [6, 6.07) is 14.5. The van der Waals surface area contributed by atoms with E-state index in [1.54, 1.807) is 18.2 Å². The quantitative estimate of drug-likeness (QED) is 0.540. The molecule has 1 aromatic heterocycles. The SMILES string of the molecule is CC(C)(C)c1ccc(-c2nc(CN3CCN(C[C@@H](O)COc4ccccc4F)CC3)no2)cc1. The molecule has 0 amide bonds. The number of β-amino-alcohol motifs (C(OH)–C–C–N with tert-alkyl or cyclic N) is 1. The highest BCUT2D eigenvalue weighted by Crippen LogP contribution is 2.25. The van der Waals surface area contributed by atoms with Crippen molar-refractivity contribution in [2.24, 2.45) is 0 Å². The first-order valence-corrected chi connectivity index (χ1v) is 11.7. The van der Waals surface area contributed by atoms with Crippen LogP contribution in [0.4, 0.5) is 4.39 Å². The van der Waals surface area contributed by atoms with Gasteiger partial charge in [-0.3, -0.25) is 9.80 Å². The predicted molar refractivity (Wildman–Crippen MR) is 128 cm³/mol. The van der Waals surface area contributed by atoms with Crippen LogP contribution in [-0.4, -0.2) is 70.5 Å². The second-order valence-electron chi connectivity index (χ2n) is 9.82. The molecule has 182 valence electrons. The first kappa shape index (κ1) is 24.3. The summed E-state index contributed by atoms with van der Waals surface area (Å²) in [4.78, 5) is 9.03. The van der Waals surface area contributed by atoms with Crippen molar-refractivity contribution >= 4 is 0 Å². The van der Waals surface area contributed by atoms with Crippen LogP contribution >= 0.6 is 0 Å². The highest BCUT2D eigenvalue weighted by atomic mass is 19.1. The van der Waals surface area contributed by atoms with Crippen molar-refractivity contribution in [2.45, 2.75) is 38.8 Å². The third-order valence-electron chi connectivity index (χ3n) is 6.03. The van der Waals surface area contributed by atoms with Crippen molar-refractivity contribution in [2.75, 3.05) is 39.3 Å². The maximum absolute atomic E-state index is 13.6. The van der Waals surface area contributed by atoms with E-state index in [1.807, 2.05) is 12.1 Å². The minimum Gasteiger partial charge on any atom is -0.488 e. The number of hydrogen-bond acceptors (Lipinski definition) is 7. The van der Waals surface area contributed by atoms with Crippen LogP contribution in [0.3, 0.4) is 0 Å². The molecule has 0 bridgehead atoms. The van der Waals surface area contributed by atoms with Gasteiger partial charge in [0.2, 0.25) is 0 Å². The van der Waals surface area contributed by atoms with E-state index in [1.165, 1.54) is 11.6 Å². The Balaban J connectivity index is 1.21. The van der Waals surface area contributed by atoms with Crippen molar-refractivity contribution in [1.29, 1.82) is 0 Å². The van der Waals surface area contributed by atoms with Crippen molar-refractivity contribution in [3.05, 3.63) is 65.7 Å². The summed E-state index contributed by atoms with van der Waals surface area (Å²) in [5, 5.41) is 14.4. The van der Waals surface area contributed by atoms with Crippen LogP contribution in [0.2, 0.25) is 0 Å². The fourth-order valence-electron chi connectivity index (χ4n) is 3.98. The number of aliphatic hydroxyl groups excluding tert-OH is 1. The van der Waals surface area contributed by atoms with Crippen LogP contribution in [0, 0.1) is 5.82 Å². The molecule has 2 heterocycles. The van der Waals surface area contributed by atoms with Gasteiger partial charge in [-0.15, -0.1) is 0 Å². The Morgan fingerprint density at radius 1 is 1.03 bits per heavy atom. The van der Waals surface area contributed by atoms with Crippen molar-refractivity contribution in [3.8, 4) is 17.2 Å². The van der Waals surface area contributed by atoms with Crippen molar-refractivity contribution in [1.82, 2.24) is 19.9 Å². The summed E-state index contributed by atoms with van der Waals surface area (Å²) in [5.74, 6) is 0.944. The molecule has 0 unspecified atom stereocenters. The van der Waals surface area contributed by atoms with Gasteiger partial charge in [0.25, 0.3) is 5.89 Å². The summed E-state index contributed by atoms with van der Waals surface area (Å²) in [6.45, 7) is 11.0.